The molecule has 1 aromatic heterocycles. The first-order chi connectivity index (χ1) is 23.4. The van der Waals surface area contributed by atoms with E-state index in [0.29, 0.717) is 53.9 Å². The maximum absolute atomic E-state index is 17.5. The Morgan fingerprint density at radius 2 is 1.85 bits per heavy atom. The maximum Gasteiger partial charge on any atom is 0.319 e. The van der Waals surface area contributed by atoms with E-state index in [1.54, 1.807) is 30.3 Å². The fourth-order valence-electron chi connectivity index (χ4n) is 7.45. The van der Waals surface area contributed by atoms with Crippen molar-refractivity contribution in [3.8, 4) is 40.5 Å². The van der Waals surface area contributed by atoms with Crippen LogP contribution in [-0.2, 0) is 0 Å². The molecule has 0 radical (unpaired) electrons. The van der Waals surface area contributed by atoms with Crippen molar-refractivity contribution in [2.45, 2.75) is 43.8 Å². The van der Waals surface area contributed by atoms with Crippen molar-refractivity contribution in [3.63, 3.8) is 0 Å². The zero-order valence-corrected chi connectivity index (χ0v) is 27.2. The fourth-order valence-corrected chi connectivity index (χ4v) is 7.66. The first kappa shape index (κ1) is 30.6. The van der Waals surface area contributed by atoms with Gasteiger partial charge in [-0.25, -0.2) is 4.39 Å². The van der Waals surface area contributed by atoms with E-state index in [0.717, 1.165) is 37.6 Å². The molecule has 4 aromatic carbocycles. The van der Waals surface area contributed by atoms with Gasteiger partial charge >= 0.3 is 6.01 Å². The molecule has 0 saturated carbocycles. The molecule has 3 saturated heterocycles. The highest BCUT2D eigenvalue weighted by Gasteiger charge is 2.35. The van der Waals surface area contributed by atoms with Crippen molar-refractivity contribution in [1.82, 2.24) is 20.2 Å². The smallest absolute Gasteiger partial charge is 0.319 e. The maximum atomic E-state index is 17.5. The number of nitrogens with zero attached hydrogens (tertiary/aromatic N) is 5. The summed E-state index contributed by atoms with van der Waals surface area (Å²) < 4.78 is 30.2. The summed E-state index contributed by atoms with van der Waals surface area (Å²) in [7, 11) is 2.08. The van der Waals surface area contributed by atoms with Crippen LogP contribution in [0.25, 0.3) is 32.8 Å². The topological polar surface area (TPSA) is 107 Å². The third-order valence-electron chi connectivity index (χ3n) is 9.86. The second-order valence-electron chi connectivity index (χ2n) is 13.0. The number of likely N-dealkylation sites (tertiary alicyclic amines) is 1. The van der Waals surface area contributed by atoms with E-state index in [-0.39, 0.29) is 51.0 Å². The Morgan fingerprint density at radius 1 is 1.04 bits per heavy atom. The van der Waals surface area contributed by atoms with Crippen LogP contribution in [0.2, 0.25) is 5.02 Å². The van der Waals surface area contributed by atoms with Gasteiger partial charge in [0.25, 0.3) is 0 Å². The van der Waals surface area contributed by atoms with E-state index in [4.69, 9.17) is 31.0 Å². The molecule has 0 aliphatic carbocycles. The van der Waals surface area contributed by atoms with Gasteiger partial charge in [0.1, 0.15) is 35.5 Å². The average molecular weight is 665 g/mol. The number of hydrogen-bond acceptors (Lipinski definition) is 9. The number of phenols is 1. The molecule has 3 aliphatic heterocycles. The van der Waals surface area contributed by atoms with Crippen molar-refractivity contribution >= 4 is 39.1 Å². The number of halogens is 2. The molecule has 2 N–H and O–H groups in total. The van der Waals surface area contributed by atoms with Crippen molar-refractivity contribution < 1.29 is 19.0 Å². The molecule has 4 heterocycles. The molecule has 3 fully saturated rings. The number of nitrogens with one attached hydrogen (secondary N) is 1. The number of aromatic hydroxyl groups is 1. The van der Waals surface area contributed by atoms with Gasteiger partial charge < -0.3 is 29.7 Å². The summed E-state index contributed by atoms with van der Waals surface area (Å²) in [5, 5.41) is 26.5. The number of phenolic OH excluding ortho intramolecular Hbond substituents is 1. The van der Waals surface area contributed by atoms with Crippen LogP contribution in [0, 0.1) is 17.1 Å². The largest absolute Gasteiger partial charge is 0.508 e. The van der Waals surface area contributed by atoms with Gasteiger partial charge in [0.2, 0.25) is 0 Å². The Balaban J connectivity index is 1.37. The summed E-state index contributed by atoms with van der Waals surface area (Å²) >= 11 is 6.58. The Labute approximate surface area is 282 Å². The minimum absolute atomic E-state index is 0.0334. The van der Waals surface area contributed by atoms with Crippen LogP contribution in [0.3, 0.4) is 0 Å². The molecular formula is C37H34ClFN6O3. The predicted molar refractivity (Wildman–Crippen MR) is 184 cm³/mol. The molecular weight excluding hydrogens is 631 g/mol. The van der Waals surface area contributed by atoms with Gasteiger partial charge in [-0.2, -0.15) is 15.2 Å². The second-order valence-corrected chi connectivity index (χ2v) is 13.4. The number of hydrogen-bond donors (Lipinski definition) is 2. The van der Waals surface area contributed by atoms with Gasteiger partial charge in [0.05, 0.1) is 16.1 Å². The van der Waals surface area contributed by atoms with E-state index in [2.05, 4.69) is 28.2 Å². The predicted octanol–water partition coefficient (Wildman–Crippen LogP) is 7.03. The summed E-state index contributed by atoms with van der Waals surface area (Å²) in [6.07, 6.45) is 4.22. The van der Waals surface area contributed by atoms with Gasteiger partial charge in [0.15, 0.2) is 11.6 Å². The number of anilines is 1. The number of ether oxygens (including phenoxy) is 2. The lowest BCUT2D eigenvalue weighted by Crippen LogP contribution is -2.51. The Bertz CT molecular complexity index is 2090. The zero-order chi connectivity index (χ0) is 32.9. The van der Waals surface area contributed by atoms with Crippen molar-refractivity contribution in [3.05, 3.63) is 77.1 Å². The number of fused-ring (bicyclic) bond motifs is 4. The van der Waals surface area contributed by atoms with Crippen LogP contribution in [0.15, 0.2) is 60.7 Å². The number of nitriles is 1. The summed E-state index contributed by atoms with van der Waals surface area (Å²) in [4.78, 5) is 14.1. The van der Waals surface area contributed by atoms with Crippen LogP contribution < -0.4 is 19.7 Å². The van der Waals surface area contributed by atoms with Crippen molar-refractivity contribution in [1.29, 1.82) is 5.26 Å². The Morgan fingerprint density at radius 3 is 2.62 bits per heavy atom. The molecule has 0 amide bonds. The van der Waals surface area contributed by atoms with Gasteiger partial charge in [-0.15, -0.1) is 0 Å². The molecule has 8 rings (SSSR count). The van der Waals surface area contributed by atoms with Crippen molar-refractivity contribution in [2.24, 2.45) is 0 Å². The summed E-state index contributed by atoms with van der Waals surface area (Å²) in [5.41, 5.74) is 0.756. The number of para-hydroxylation sites is 1. The molecule has 0 unspecified atom stereocenters. The molecule has 9 nitrogen and oxygen atoms in total. The zero-order valence-electron chi connectivity index (χ0n) is 26.4. The van der Waals surface area contributed by atoms with Crippen LogP contribution in [0.5, 0.6) is 23.3 Å². The highest BCUT2D eigenvalue weighted by Crippen LogP contribution is 2.46. The number of benzene rings is 4. The van der Waals surface area contributed by atoms with Crippen molar-refractivity contribution in [2.75, 3.05) is 38.2 Å². The number of aromatic nitrogens is 2. The standard InChI is InChI=1S/C37H34ClFN6O3/c1-44-13-5-8-25(44)20-47-37-42-34-29(36(43-37)45-18-23-11-12-24(19-45)41-23)16-31(48-35-22(17-40)7-4-10-30(35)38)32(33(34)39)28-15-26(46)14-21-6-2-3-9-27(21)28/h2-4,6-7,9-10,14-16,23-25,41,46H,5,8,11-13,18-20H2,1H3/t23-,24+,25-/m0/s1. The van der Waals surface area contributed by atoms with Crippen LogP contribution in [-0.4, -0.2) is 71.4 Å². The van der Waals surface area contributed by atoms with Gasteiger partial charge in [-0.05, 0) is 85.9 Å². The summed E-state index contributed by atoms with van der Waals surface area (Å²) in [5.74, 6) is 0.0882. The van der Waals surface area contributed by atoms with E-state index in [1.165, 1.54) is 6.07 Å². The summed E-state index contributed by atoms with van der Waals surface area (Å²) in [6.45, 7) is 2.80. The number of rotatable bonds is 7. The van der Waals surface area contributed by atoms with E-state index in [1.807, 2.05) is 24.3 Å². The lowest BCUT2D eigenvalue weighted by molar-refractivity contribution is 0.188. The minimum atomic E-state index is -0.659. The molecule has 11 heteroatoms. The quantitative estimate of drug-likeness (QED) is 0.190. The molecule has 3 atom stereocenters. The molecule has 3 aliphatic rings. The van der Waals surface area contributed by atoms with E-state index >= 15 is 4.39 Å². The molecule has 5 aromatic rings. The third kappa shape index (κ3) is 5.52. The van der Waals surface area contributed by atoms with Gasteiger partial charge in [-0.1, -0.05) is 41.9 Å². The normalized spacial score (nSPS) is 20.8. The lowest BCUT2D eigenvalue weighted by atomic mass is 9.95. The van der Waals surface area contributed by atoms with Gasteiger partial charge in [0, 0.05) is 36.6 Å². The Kier molecular flexibility index (Phi) is 7.91. The number of likely N-dealkylation sites (N-methyl/N-ethyl adjacent to an activating group) is 1. The number of piperazine rings is 1. The Hall–Kier alpha value is -4.69. The first-order valence-corrected chi connectivity index (χ1v) is 16.7. The highest BCUT2D eigenvalue weighted by atomic mass is 35.5. The highest BCUT2D eigenvalue weighted by molar-refractivity contribution is 6.32. The molecule has 48 heavy (non-hydrogen) atoms. The summed E-state index contributed by atoms with van der Waals surface area (Å²) in [6, 6.07) is 20.2. The molecule has 2 bridgehead atoms. The van der Waals surface area contributed by atoms with Crippen LogP contribution in [0.1, 0.15) is 31.2 Å². The van der Waals surface area contributed by atoms with Gasteiger partial charge in [-0.3, -0.25) is 0 Å². The third-order valence-corrected chi connectivity index (χ3v) is 10.2. The monoisotopic (exact) mass is 664 g/mol. The van der Waals surface area contributed by atoms with E-state index < -0.39 is 5.82 Å². The average Bonchev–Trinajstić information content (AvgIpc) is 3.66. The lowest BCUT2D eigenvalue weighted by Gasteiger charge is -2.34. The fraction of sp³-hybridized carbons (Fsp3) is 0.324. The SMILES string of the molecule is CN1CCC[C@H]1COc1nc(N2C[C@H]3CC[C@@H](C2)N3)c2cc(Oc3c(Cl)cccc3C#N)c(-c3cc(O)cc4ccccc34)c(F)c2n1. The van der Waals surface area contributed by atoms with E-state index in [9.17, 15) is 10.4 Å². The van der Waals surface area contributed by atoms with Crippen LogP contribution in [0.4, 0.5) is 10.2 Å². The minimum Gasteiger partial charge on any atom is -0.508 e. The van der Waals surface area contributed by atoms with Crippen LogP contribution >= 0.6 is 11.6 Å². The molecule has 0 spiro atoms. The molecule has 244 valence electrons. The first-order valence-electron chi connectivity index (χ1n) is 16.3. The second kappa shape index (κ2) is 12.4.